The molecule has 12 heavy (non-hydrogen) atoms. The van der Waals surface area contributed by atoms with Crippen molar-refractivity contribution in [2.45, 2.75) is 44.8 Å². The van der Waals surface area contributed by atoms with Crippen LogP contribution in [-0.2, 0) is 9.47 Å². The van der Waals surface area contributed by atoms with E-state index in [2.05, 4.69) is 6.92 Å². The molecule has 2 rings (SSSR count). The van der Waals surface area contributed by atoms with Crippen LogP contribution >= 0.6 is 0 Å². The van der Waals surface area contributed by atoms with E-state index in [-0.39, 0.29) is 5.79 Å². The van der Waals surface area contributed by atoms with E-state index >= 15 is 0 Å². The zero-order valence-electron chi connectivity index (χ0n) is 7.84. The predicted molar refractivity (Wildman–Crippen MR) is 46.9 cm³/mol. The third kappa shape index (κ3) is 1.64. The van der Waals surface area contributed by atoms with E-state index in [0.717, 1.165) is 38.4 Å². The largest absolute Gasteiger partial charge is 0.350 e. The van der Waals surface area contributed by atoms with Crippen molar-refractivity contribution in [3.8, 4) is 0 Å². The van der Waals surface area contributed by atoms with Crippen LogP contribution in [0.15, 0.2) is 0 Å². The fourth-order valence-corrected chi connectivity index (χ4v) is 2.11. The van der Waals surface area contributed by atoms with Crippen LogP contribution in [0.1, 0.15) is 39.0 Å². The van der Waals surface area contributed by atoms with Gasteiger partial charge >= 0.3 is 0 Å². The lowest BCUT2D eigenvalue weighted by Gasteiger charge is -2.41. The van der Waals surface area contributed by atoms with E-state index in [9.17, 15) is 0 Å². The molecule has 70 valence electrons. The molecule has 0 aromatic heterocycles. The van der Waals surface area contributed by atoms with Crippen molar-refractivity contribution >= 4 is 0 Å². The topological polar surface area (TPSA) is 18.5 Å². The molecule has 2 heteroatoms. The second-order valence-electron chi connectivity index (χ2n) is 4.14. The summed E-state index contributed by atoms with van der Waals surface area (Å²) in [6.45, 7) is 4.11. The first-order valence-corrected chi connectivity index (χ1v) is 5.09. The third-order valence-electron chi connectivity index (χ3n) is 3.05. The average molecular weight is 170 g/mol. The molecule has 0 bridgehead atoms. The summed E-state index contributed by atoms with van der Waals surface area (Å²) < 4.78 is 11.5. The molecule has 0 N–H and O–H groups in total. The summed E-state index contributed by atoms with van der Waals surface area (Å²) in [6.07, 6.45) is 5.81. The van der Waals surface area contributed by atoms with Crippen LogP contribution < -0.4 is 0 Å². The Morgan fingerprint density at radius 2 is 1.67 bits per heavy atom. The SMILES string of the molecule is CC1CCC2(CC1)OCCCO2. The number of hydrogen-bond donors (Lipinski definition) is 0. The van der Waals surface area contributed by atoms with E-state index in [1.807, 2.05) is 0 Å². The molecule has 0 amide bonds. The standard InChI is InChI=1S/C10H18O2/c1-9-3-5-10(6-4-9)11-7-2-8-12-10/h9H,2-8H2,1H3. The molecule has 2 aliphatic rings. The predicted octanol–water partition coefficient (Wildman–Crippen LogP) is 2.33. The van der Waals surface area contributed by atoms with Crippen molar-refractivity contribution in [3.63, 3.8) is 0 Å². The van der Waals surface area contributed by atoms with Gasteiger partial charge in [0.15, 0.2) is 5.79 Å². The summed E-state index contributed by atoms with van der Waals surface area (Å²) in [4.78, 5) is 0. The van der Waals surface area contributed by atoms with E-state index in [0.29, 0.717) is 0 Å². The summed E-state index contributed by atoms with van der Waals surface area (Å²) in [6, 6.07) is 0. The smallest absolute Gasteiger partial charge is 0.168 e. The van der Waals surface area contributed by atoms with Gasteiger partial charge in [0.25, 0.3) is 0 Å². The Bertz CT molecular complexity index is 140. The summed E-state index contributed by atoms with van der Waals surface area (Å²) in [5, 5.41) is 0. The lowest BCUT2D eigenvalue weighted by atomic mass is 9.86. The highest BCUT2D eigenvalue weighted by molar-refractivity contribution is 4.79. The van der Waals surface area contributed by atoms with Gasteiger partial charge in [-0.1, -0.05) is 6.92 Å². The third-order valence-corrected chi connectivity index (χ3v) is 3.05. The van der Waals surface area contributed by atoms with Gasteiger partial charge in [0.2, 0.25) is 0 Å². The molecule has 2 fully saturated rings. The quantitative estimate of drug-likeness (QED) is 0.555. The van der Waals surface area contributed by atoms with Crippen LogP contribution in [0.2, 0.25) is 0 Å². The Labute approximate surface area is 74.2 Å². The van der Waals surface area contributed by atoms with Crippen molar-refractivity contribution < 1.29 is 9.47 Å². The van der Waals surface area contributed by atoms with Gasteiger partial charge in [-0.15, -0.1) is 0 Å². The highest BCUT2D eigenvalue weighted by Crippen LogP contribution is 2.37. The number of ether oxygens (including phenoxy) is 2. The Morgan fingerprint density at radius 1 is 1.08 bits per heavy atom. The second kappa shape index (κ2) is 3.35. The maximum Gasteiger partial charge on any atom is 0.168 e. The van der Waals surface area contributed by atoms with Crippen molar-refractivity contribution in [2.75, 3.05) is 13.2 Å². The van der Waals surface area contributed by atoms with Gasteiger partial charge in [0, 0.05) is 12.8 Å². The van der Waals surface area contributed by atoms with Crippen molar-refractivity contribution in [2.24, 2.45) is 5.92 Å². The highest BCUT2D eigenvalue weighted by Gasteiger charge is 2.37. The van der Waals surface area contributed by atoms with Gasteiger partial charge in [0.1, 0.15) is 0 Å². The maximum absolute atomic E-state index is 5.73. The fraction of sp³-hybridized carbons (Fsp3) is 1.00. The normalized spacial score (nSPS) is 30.8. The van der Waals surface area contributed by atoms with Crippen molar-refractivity contribution in [3.05, 3.63) is 0 Å². The molecule has 0 aromatic rings. The molecule has 2 nitrogen and oxygen atoms in total. The molecule has 1 aliphatic carbocycles. The minimum atomic E-state index is -0.162. The monoisotopic (exact) mass is 170 g/mol. The molecule has 1 saturated carbocycles. The summed E-state index contributed by atoms with van der Waals surface area (Å²) in [5.74, 6) is 0.704. The Morgan fingerprint density at radius 3 is 2.25 bits per heavy atom. The van der Waals surface area contributed by atoms with Crippen molar-refractivity contribution in [1.82, 2.24) is 0 Å². The van der Waals surface area contributed by atoms with E-state index < -0.39 is 0 Å². The van der Waals surface area contributed by atoms with Crippen LogP contribution in [0.5, 0.6) is 0 Å². The highest BCUT2D eigenvalue weighted by atomic mass is 16.7. The minimum absolute atomic E-state index is 0.162. The van der Waals surface area contributed by atoms with Gasteiger partial charge in [-0.2, -0.15) is 0 Å². The van der Waals surface area contributed by atoms with Gasteiger partial charge in [-0.05, 0) is 25.2 Å². The average Bonchev–Trinajstić information content (AvgIpc) is 2.13. The zero-order valence-corrected chi connectivity index (χ0v) is 7.84. The molecule has 1 heterocycles. The molecule has 1 aliphatic heterocycles. The second-order valence-corrected chi connectivity index (χ2v) is 4.14. The summed E-state index contributed by atoms with van der Waals surface area (Å²) in [5.41, 5.74) is 0. The van der Waals surface area contributed by atoms with Gasteiger partial charge in [0.05, 0.1) is 13.2 Å². The van der Waals surface area contributed by atoms with Crippen LogP contribution in [0, 0.1) is 5.92 Å². The number of hydrogen-bond acceptors (Lipinski definition) is 2. The minimum Gasteiger partial charge on any atom is -0.350 e. The van der Waals surface area contributed by atoms with E-state index in [4.69, 9.17) is 9.47 Å². The maximum atomic E-state index is 5.73. The lowest BCUT2D eigenvalue weighted by molar-refractivity contribution is -0.282. The van der Waals surface area contributed by atoms with Gasteiger partial charge < -0.3 is 9.47 Å². The van der Waals surface area contributed by atoms with Crippen molar-refractivity contribution in [1.29, 1.82) is 0 Å². The number of rotatable bonds is 0. The Kier molecular flexibility index (Phi) is 2.37. The molecule has 1 saturated heterocycles. The molecule has 0 aromatic carbocycles. The molecule has 0 atom stereocenters. The molecule has 0 unspecified atom stereocenters. The van der Waals surface area contributed by atoms with Crippen LogP contribution in [-0.4, -0.2) is 19.0 Å². The fourth-order valence-electron chi connectivity index (χ4n) is 2.11. The van der Waals surface area contributed by atoms with E-state index in [1.54, 1.807) is 0 Å². The first kappa shape index (κ1) is 8.52. The summed E-state index contributed by atoms with van der Waals surface area (Å²) >= 11 is 0. The summed E-state index contributed by atoms with van der Waals surface area (Å²) in [7, 11) is 0. The molecular formula is C10H18O2. The molecule has 0 radical (unpaired) electrons. The van der Waals surface area contributed by atoms with Crippen LogP contribution in [0.4, 0.5) is 0 Å². The van der Waals surface area contributed by atoms with Crippen LogP contribution in [0.25, 0.3) is 0 Å². The molecule has 1 spiro atoms. The Hall–Kier alpha value is -0.0800. The first-order chi connectivity index (χ1) is 5.81. The van der Waals surface area contributed by atoms with Crippen LogP contribution in [0.3, 0.4) is 0 Å². The Balaban J connectivity index is 1.92. The zero-order chi connectivity index (χ0) is 8.44. The van der Waals surface area contributed by atoms with Gasteiger partial charge in [-0.3, -0.25) is 0 Å². The van der Waals surface area contributed by atoms with E-state index in [1.165, 1.54) is 12.8 Å². The first-order valence-electron chi connectivity index (χ1n) is 5.09. The molecular weight excluding hydrogens is 152 g/mol. The van der Waals surface area contributed by atoms with Gasteiger partial charge in [-0.25, -0.2) is 0 Å². The lowest BCUT2D eigenvalue weighted by Crippen LogP contribution is -2.43.